The van der Waals surface area contributed by atoms with Crippen LogP contribution in [0.25, 0.3) is 0 Å². The normalized spacial score (nSPS) is 18.5. The molecule has 3 aliphatic heterocycles. The minimum Gasteiger partial charge on any atom is -0.486 e. The van der Waals surface area contributed by atoms with Gasteiger partial charge in [0.2, 0.25) is 15.9 Å². The number of benzene rings is 2. The van der Waals surface area contributed by atoms with E-state index in [0.29, 0.717) is 43.6 Å². The molecule has 10 nitrogen and oxygen atoms in total. The van der Waals surface area contributed by atoms with E-state index in [2.05, 4.69) is 5.32 Å². The number of ether oxygens (including phenoxy) is 3. The number of hydrogen-bond acceptors (Lipinski definition) is 7. The largest absolute Gasteiger partial charge is 0.486 e. The summed E-state index contributed by atoms with van der Waals surface area (Å²) in [6.07, 6.45) is 1.64. The summed E-state index contributed by atoms with van der Waals surface area (Å²) in [6.45, 7) is 3.24. The van der Waals surface area contributed by atoms with Crippen LogP contribution in [0.3, 0.4) is 0 Å². The molecule has 1 saturated heterocycles. The second-order valence-electron chi connectivity index (χ2n) is 8.70. The van der Waals surface area contributed by atoms with Crippen molar-refractivity contribution in [2.45, 2.75) is 30.7 Å². The van der Waals surface area contributed by atoms with Crippen LogP contribution in [0.4, 0.5) is 5.69 Å². The third-order valence-electron chi connectivity index (χ3n) is 6.32. The number of rotatable bonds is 6. The van der Waals surface area contributed by atoms with Gasteiger partial charge in [0.1, 0.15) is 25.5 Å². The van der Waals surface area contributed by atoms with Crippen molar-refractivity contribution in [3.8, 4) is 17.2 Å². The lowest BCUT2D eigenvalue weighted by molar-refractivity contribution is -0.125. The zero-order valence-corrected chi connectivity index (χ0v) is 20.2. The molecule has 3 aliphatic rings. The van der Waals surface area contributed by atoms with E-state index >= 15 is 0 Å². The molecule has 2 aromatic rings. The molecule has 0 bridgehead atoms. The zero-order valence-electron chi connectivity index (χ0n) is 19.4. The Morgan fingerprint density at radius 2 is 1.71 bits per heavy atom. The van der Waals surface area contributed by atoms with Gasteiger partial charge in [-0.15, -0.1) is 0 Å². The molecule has 1 unspecified atom stereocenters. The average Bonchev–Trinajstić information content (AvgIpc) is 3.41. The molecule has 35 heavy (non-hydrogen) atoms. The number of carbonyl (C=O) groups is 2. The van der Waals surface area contributed by atoms with Crippen molar-refractivity contribution in [3.05, 3.63) is 42.0 Å². The third kappa shape index (κ3) is 4.65. The molecule has 0 saturated carbocycles. The van der Waals surface area contributed by atoms with Gasteiger partial charge in [-0.05, 0) is 55.7 Å². The highest BCUT2D eigenvalue weighted by molar-refractivity contribution is 7.89. The van der Waals surface area contributed by atoms with Crippen LogP contribution in [-0.4, -0.2) is 64.0 Å². The molecule has 1 N–H and O–H groups in total. The lowest BCUT2D eigenvalue weighted by Gasteiger charge is -2.30. The van der Waals surface area contributed by atoms with E-state index in [0.717, 1.165) is 18.4 Å². The summed E-state index contributed by atoms with van der Waals surface area (Å²) in [5.41, 5.74) is 1.10. The number of nitrogens with one attached hydrogen (secondary N) is 1. The minimum atomic E-state index is -3.69. The van der Waals surface area contributed by atoms with Gasteiger partial charge < -0.3 is 19.5 Å². The van der Waals surface area contributed by atoms with Gasteiger partial charge in [-0.25, -0.2) is 8.42 Å². The molecular weight excluding hydrogens is 474 g/mol. The van der Waals surface area contributed by atoms with Gasteiger partial charge in [-0.3, -0.25) is 14.5 Å². The van der Waals surface area contributed by atoms with Crippen LogP contribution in [-0.2, 0) is 19.6 Å². The van der Waals surface area contributed by atoms with Crippen molar-refractivity contribution in [3.63, 3.8) is 0 Å². The third-order valence-corrected chi connectivity index (χ3v) is 8.22. The summed E-state index contributed by atoms with van der Waals surface area (Å²) in [4.78, 5) is 26.9. The predicted octanol–water partition coefficient (Wildman–Crippen LogP) is 1.85. The summed E-state index contributed by atoms with van der Waals surface area (Å²) >= 11 is 0. The summed E-state index contributed by atoms with van der Waals surface area (Å²) in [6, 6.07) is 9.55. The second kappa shape index (κ2) is 9.38. The van der Waals surface area contributed by atoms with Crippen LogP contribution in [0, 0.1) is 0 Å². The lowest BCUT2D eigenvalue weighted by Crippen LogP contribution is -2.45. The Kier molecular flexibility index (Phi) is 6.28. The highest BCUT2D eigenvalue weighted by Gasteiger charge is 2.32. The van der Waals surface area contributed by atoms with Crippen molar-refractivity contribution in [1.82, 2.24) is 9.62 Å². The van der Waals surface area contributed by atoms with Crippen molar-refractivity contribution >= 4 is 27.5 Å². The molecule has 11 heteroatoms. The first kappa shape index (κ1) is 23.4. The first-order valence-corrected chi connectivity index (χ1v) is 13.0. The van der Waals surface area contributed by atoms with Crippen LogP contribution in [0.2, 0.25) is 0 Å². The zero-order chi connectivity index (χ0) is 24.6. The van der Waals surface area contributed by atoms with Crippen LogP contribution in [0.1, 0.15) is 31.4 Å². The highest BCUT2D eigenvalue weighted by Crippen LogP contribution is 2.36. The van der Waals surface area contributed by atoms with Gasteiger partial charge in [-0.2, -0.15) is 4.31 Å². The Morgan fingerprint density at radius 3 is 2.49 bits per heavy atom. The van der Waals surface area contributed by atoms with Gasteiger partial charge >= 0.3 is 0 Å². The molecule has 5 rings (SSSR count). The van der Waals surface area contributed by atoms with Gasteiger partial charge in [-0.1, -0.05) is 6.07 Å². The molecule has 186 valence electrons. The molecule has 1 fully saturated rings. The Morgan fingerprint density at radius 1 is 1.00 bits per heavy atom. The highest BCUT2D eigenvalue weighted by atomic mass is 32.2. The van der Waals surface area contributed by atoms with E-state index in [9.17, 15) is 18.0 Å². The molecular formula is C24H27N3O7S. The van der Waals surface area contributed by atoms with Gasteiger partial charge in [0.25, 0.3) is 5.91 Å². The van der Waals surface area contributed by atoms with Crippen molar-refractivity contribution in [1.29, 1.82) is 0 Å². The minimum absolute atomic E-state index is 0.0755. The van der Waals surface area contributed by atoms with Crippen LogP contribution < -0.4 is 24.4 Å². The summed E-state index contributed by atoms with van der Waals surface area (Å²) in [5.74, 6) is 0.835. The predicted molar refractivity (Wildman–Crippen MR) is 126 cm³/mol. The summed E-state index contributed by atoms with van der Waals surface area (Å²) in [7, 11) is -3.69. The van der Waals surface area contributed by atoms with E-state index in [1.54, 1.807) is 6.07 Å². The summed E-state index contributed by atoms with van der Waals surface area (Å²) < 4.78 is 44.1. The Bertz CT molecular complexity index is 1260. The fourth-order valence-electron chi connectivity index (χ4n) is 4.44. The first-order valence-electron chi connectivity index (χ1n) is 11.6. The quantitative estimate of drug-likeness (QED) is 0.642. The maximum absolute atomic E-state index is 13.0. The smallest absolute Gasteiger partial charge is 0.265 e. The Balaban J connectivity index is 1.33. The number of anilines is 1. The average molecular weight is 502 g/mol. The fourth-order valence-corrected chi connectivity index (χ4v) is 5.97. The van der Waals surface area contributed by atoms with Crippen molar-refractivity contribution in [2.24, 2.45) is 0 Å². The van der Waals surface area contributed by atoms with Gasteiger partial charge in [0.05, 0.1) is 16.6 Å². The molecule has 0 radical (unpaired) electrons. The number of carbonyl (C=O) groups excluding carboxylic acids is 2. The Hall–Kier alpha value is -3.31. The maximum Gasteiger partial charge on any atom is 0.265 e. The molecule has 1 atom stereocenters. The monoisotopic (exact) mass is 501 g/mol. The van der Waals surface area contributed by atoms with Crippen LogP contribution >= 0.6 is 0 Å². The van der Waals surface area contributed by atoms with Crippen LogP contribution in [0.5, 0.6) is 17.2 Å². The van der Waals surface area contributed by atoms with E-state index < -0.39 is 15.9 Å². The molecule has 2 amide bonds. The van der Waals surface area contributed by atoms with Gasteiger partial charge in [0.15, 0.2) is 18.1 Å². The number of sulfonamides is 1. The Labute approximate surface area is 203 Å². The number of nitrogens with zero attached hydrogens (tertiary/aromatic N) is 2. The molecule has 0 aliphatic carbocycles. The van der Waals surface area contributed by atoms with Gasteiger partial charge in [0, 0.05) is 13.1 Å². The van der Waals surface area contributed by atoms with Crippen LogP contribution in [0.15, 0.2) is 41.3 Å². The standard InChI is InChI=1S/C24H27N3O7S/c1-16(17-4-6-21-22(12-17)33-11-10-32-21)25-23(28)14-27-19-13-18(5-7-20(19)34-15-24(27)29)35(30,31)26-8-2-3-9-26/h4-7,12-13,16H,2-3,8-11,14-15H2,1H3,(H,25,28). The SMILES string of the molecule is CC(NC(=O)CN1C(=O)COc2ccc(S(=O)(=O)N3CCCC3)cc21)c1ccc2c(c1)OCCO2. The van der Waals surface area contributed by atoms with E-state index in [1.807, 2.05) is 19.1 Å². The first-order chi connectivity index (χ1) is 16.8. The molecule has 2 aromatic carbocycles. The maximum atomic E-state index is 13.0. The lowest BCUT2D eigenvalue weighted by atomic mass is 10.1. The fraction of sp³-hybridized carbons (Fsp3) is 0.417. The van der Waals surface area contributed by atoms with E-state index in [4.69, 9.17) is 14.2 Å². The number of fused-ring (bicyclic) bond motifs is 2. The molecule has 0 aromatic heterocycles. The number of hydrogen-bond donors (Lipinski definition) is 1. The van der Waals surface area contributed by atoms with Crippen molar-refractivity contribution < 1.29 is 32.2 Å². The van der Waals surface area contributed by atoms with E-state index in [1.165, 1.54) is 27.4 Å². The van der Waals surface area contributed by atoms with Crippen molar-refractivity contribution in [2.75, 3.05) is 44.4 Å². The number of amides is 2. The topological polar surface area (TPSA) is 114 Å². The molecule has 3 heterocycles. The molecule has 0 spiro atoms. The van der Waals surface area contributed by atoms with E-state index in [-0.39, 0.29) is 35.7 Å². The summed E-state index contributed by atoms with van der Waals surface area (Å²) in [5, 5.41) is 2.89. The second-order valence-corrected chi connectivity index (χ2v) is 10.6.